The van der Waals surface area contributed by atoms with Crippen molar-refractivity contribution in [3.63, 3.8) is 0 Å². The molecule has 1 N–H and O–H groups in total. The second-order valence-corrected chi connectivity index (χ2v) is 11.1. The number of piperidine rings is 1. The summed E-state index contributed by atoms with van der Waals surface area (Å²) >= 11 is 0. The van der Waals surface area contributed by atoms with Crippen LogP contribution in [0.5, 0.6) is 0 Å². The van der Waals surface area contributed by atoms with Gasteiger partial charge in [-0.15, -0.1) is 0 Å². The Hall–Kier alpha value is 0.137. The van der Waals surface area contributed by atoms with E-state index in [0.717, 1.165) is 11.8 Å². The molecule has 0 amide bonds. The maximum absolute atomic E-state index is 6.38. The molecule has 0 aromatic rings. The molecule has 1 unspecified atom stereocenters. The van der Waals surface area contributed by atoms with Crippen LogP contribution in [0.4, 0.5) is 0 Å². The molecule has 1 heterocycles. The van der Waals surface area contributed by atoms with Crippen molar-refractivity contribution in [3.8, 4) is 0 Å². The van der Waals surface area contributed by atoms with E-state index >= 15 is 0 Å². The van der Waals surface area contributed by atoms with Crippen LogP contribution in [0.3, 0.4) is 0 Å². The molecule has 2 nitrogen and oxygen atoms in total. The van der Waals surface area contributed by atoms with Crippen molar-refractivity contribution in [2.75, 3.05) is 13.1 Å². The number of hydrogen-bond acceptors (Lipinski definition) is 2. The van der Waals surface area contributed by atoms with E-state index in [1.165, 1.54) is 13.1 Å². The Bertz CT molecular complexity index is 224. The van der Waals surface area contributed by atoms with Crippen molar-refractivity contribution >= 4 is 8.32 Å². The number of rotatable bonds is 2. The lowest BCUT2D eigenvalue weighted by atomic mass is 10.2. The highest BCUT2D eigenvalue weighted by Crippen LogP contribution is 2.49. The summed E-state index contributed by atoms with van der Waals surface area (Å²) in [6, 6.07) is 0. The molecule has 0 aromatic carbocycles. The fourth-order valence-corrected chi connectivity index (χ4v) is 3.44. The number of nitrogens with one attached hydrogen (secondary N) is 1. The molecule has 2 fully saturated rings. The Balaban J connectivity index is 1.92. The van der Waals surface area contributed by atoms with Crippen LogP contribution < -0.4 is 5.32 Å². The Morgan fingerprint density at radius 1 is 1.14 bits per heavy atom. The van der Waals surface area contributed by atoms with Gasteiger partial charge in [0, 0.05) is 24.9 Å². The molecule has 2 rings (SSSR count). The zero-order valence-electron chi connectivity index (χ0n) is 10.1. The van der Waals surface area contributed by atoms with Gasteiger partial charge >= 0.3 is 0 Å². The minimum absolute atomic E-state index is 0.358. The van der Waals surface area contributed by atoms with Gasteiger partial charge in [-0.25, -0.2) is 0 Å². The van der Waals surface area contributed by atoms with Crippen LogP contribution in [0.15, 0.2) is 0 Å². The van der Waals surface area contributed by atoms with Crippen LogP contribution in [-0.4, -0.2) is 27.5 Å². The molecule has 1 saturated heterocycles. The summed E-state index contributed by atoms with van der Waals surface area (Å²) in [5, 5.41) is 3.77. The lowest BCUT2D eigenvalue weighted by molar-refractivity contribution is 0.237. The fraction of sp³-hybridized carbons (Fsp3) is 1.00. The van der Waals surface area contributed by atoms with Crippen molar-refractivity contribution in [1.29, 1.82) is 0 Å². The van der Waals surface area contributed by atoms with Gasteiger partial charge in [0.2, 0.25) is 0 Å². The first-order valence-electron chi connectivity index (χ1n) is 5.71. The lowest BCUT2D eigenvalue weighted by Crippen LogP contribution is -2.42. The van der Waals surface area contributed by atoms with Crippen LogP contribution in [0.2, 0.25) is 18.1 Å². The Labute approximate surface area is 88.5 Å². The molecule has 3 atom stereocenters. The smallest absolute Gasteiger partial charge is 0.192 e. The molecule has 3 heteroatoms. The highest BCUT2D eigenvalue weighted by atomic mass is 28.4. The third-order valence-electron chi connectivity index (χ3n) is 4.25. The zero-order chi connectivity index (χ0) is 10.6. The van der Waals surface area contributed by atoms with Crippen molar-refractivity contribution in [2.45, 2.75) is 45.0 Å². The van der Waals surface area contributed by atoms with Crippen LogP contribution >= 0.6 is 0 Å². The topological polar surface area (TPSA) is 21.3 Å². The van der Waals surface area contributed by atoms with Crippen molar-refractivity contribution < 1.29 is 4.43 Å². The minimum atomic E-state index is -1.50. The maximum atomic E-state index is 6.38. The summed E-state index contributed by atoms with van der Waals surface area (Å²) in [7, 11) is -1.50. The molecule has 1 aliphatic carbocycles. The SMILES string of the molecule is CC(C)(C)[Si](C)(C)OC1[C@H]2CNC[C@@H]12. The molecule has 2 aliphatic rings. The van der Waals surface area contributed by atoms with Crippen molar-refractivity contribution in [2.24, 2.45) is 11.8 Å². The first-order valence-corrected chi connectivity index (χ1v) is 8.62. The molecule has 0 spiro atoms. The average Bonchev–Trinajstić information content (AvgIpc) is 2.50. The van der Waals surface area contributed by atoms with Gasteiger partial charge < -0.3 is 9.74 Å². The standard InChI is InChI=1S/C11H23NOSi/c1-11(2,3)14(4,5)13-10-8-6-12-7-9(8)10/h8-10,12H,6-7H2,1-5H3/t8-,9+,10?. The second-order valence-electron chi connectivity index (χ2n) is 6.33. The first kappa shape index (κ1) is 10.6. The van der Waals surface area contributed by atoms with Gasteiger partial charge in [-0.05, 0) is 18.1 Å². The van der Waals surface area contributed by atoms with Crippen molar-refractivity contribution in [3.05, 3.63) is 0 Å². The third kappa shape index (κ3) is 1.66. The second kappa shape index (κ2) is 3.06. The van der Waals surface area contributed by atoms with E-state index in [0.29, 0.717) is 11.1 Å². The highest BCUT2D eigenvalue weighted by Gasteiger charge is 2.56. The van der Waals surface area contributed by atoms with Crippen LogP contribution in [-0.2, 0) is 4.43 Å². The summed E-state index contributed by atoms with van der Waals surface area (Å²) in [5.41, 5.74) is 0. The third-order valence-corrected chi connectivity index (χ3v) is 8.72. The van der Waals surface area contributed by atoms with E-state index in [1.54, 1.807) is 0 Å². The van der Waals surface area contributed by atoms with E-state index in [-0.39, 0.29) is 0 Å². The molecule has 14 heavy (non-hydrogen) atoms. The molecule has 1 saturated carbocycles. The van der Waals surface area contributed by atoms with Crippen molar-refractivity contribution in [1.82, 2.24) is 5.32 Å². The predicted molar refractivity (Wildman–Crippen MR) is 61.9 cm³/mol. The largest absolute Gasteiger partial charge is 0.413 e. The quantitative estimate of drug-likeness (QED) is 0.710. The molecule has 82 valence electrons. The van der Waals surface area contributed by atoms with Gasteiger partial charge in [0.25, 0.3) is 0 Å². The maximum Gasteiger partial charge on any atom is 0.192 e. The summed E-state index contributed by atoms with van der Waals surface area (Å²) < 4.78 is 6.38. The Morgan fingerprint density at radius 2 is 1.64 bits per heavy atom. The van der Waals surface area contributed by atoms with E-state index in [4.69, 9.17) is 4.43 Å². The zero-order valence-corrected chi connectivity index (χ0v) is 11.1. The van der Waals surface area contributed by atoms with Gasteiger partial charge in [-0.2, -0.15) is 0 Å². The van der Waals surface area contributed by atoms with Gasteiger partial charge in [0.15, 0.2) is 8.32 Å². The predicted octanol–water partition coefficient (Wildman–Crippen LogP) is 2.23. The molecular weight excluding hydrogens is 190 g/mol. The summed E-state index contributed by atoms with van der Waals surface area (Å²) in [6.07, 6.45) is 0.595. The van der Waals surface area contributed by atoms with Crippen LogP contribution in [0.25, 0.3) is 0 Å². The normalized spacial score (nSPS) is 37.1. The molecular formula is C11H23NOSi. The molecule has 1 aliphatic heterocycles. The van der Waals surface area contributed by atoms with E-state index in [9.17, 15) is 0 Å². The number of hydrogen-bond donors (Lipinski definition) is 1. The van der Waals surface area contributed by atoms with Gasteiger partial charge in [0.1, 0.15) is 0 Å². The molecule has 0 radical (unpaired) electrons. The summed E-state index contributed by atoms with van der Waals surface area (Å²) in [6.45, 7) is 14.0. The van der Waals surface area contributed by atoms with Gasteiger partial charge in [-0.3, -0.25) is 0 Å². The highest BCUT2D eigenvalue weighted by molar-refractivity contribution is 6.74. The lowest BCUT2D eigenvalue weighted by Gasteiger charge is -2.36. The molecule has 0 aromatic heterocycles. The average molecular weight is 213 g/mol. The van der Waals surface area contributed by atoms with Crippen LogP contribution in [0.1, 0.15) is 20.8 Å². The Kier molecular flexibility index (Phi) is 2.33. The first-order chi connectivity index (χ1) is 6.33. The van der Waals surface area contributed by atoms with Gasteiger partial charge in [0.05, 0.1) is 6.10 Å². The van der Waals surface area contributed by atoms with Gasteiger partial charge in [-0.1, -0.05) is 20.8 Å². The number of fused-ring (bicyclic) bond motifs is 1. The monoisotopic (exact) mass is 213 g/mol. The minimum Gasteiger partial charge on any atom is -0.413 e. The fourth-order valence-electron chi connectivity index (χ4n) is 2.05. The Morgan fingerprint density at radius 3 is 2.07 bits per heavy atom. The van der Waals surface area contributed by atoms with Crippen LogP contribution in [0, 0.1) is 11.8 Å². The summed E-state index contributed by atoms with van der Waals surface area (Å²) in [5.74, 6) is 1.67. The summed E-state index contributed by atoms with van der Waals surface area (Å²) in [4.78, 5) is 0. The van der Waals surface area contributed by atoms with E-state index < -0.39 is 8.32 Å². The van der Waals surface area contributed by atoms with E-state index in [1.807, 2.05) is 0 Å². The molecule has 0 bridgehead atoms. The van der Waals surface area contributed by atoms with E-state index in [2.05, 4.69) is 39.2 Å².